The number of carbonyl (C=O) groups is 2. The Balaban J connectivity index is 2.21. The van der Waals surface area contributed by atoms with Crippen LogP contribution in [0.2, 0.25) is 0 Å². The first-order valence-electron chi connectivity index (χ1n) is 10.6. The van der Waals surface area contributed by atoms with Crippen molar-refractivity contribution >= 4 is 11.9 Å². The van der Waals surface area contributed by atoms with Gasteiger partial charge in [-0.25, -0.2) is 0 Å². The van der Waals surface area contributed by atoms with Gasteiger partial charge in [0.15, 0.2) is 11.5 Å². The Bertz CT molecular complexity index is 720. The molecule has 1 aliphatic heterocycles. The predicted molar refractivity (Wildman–Crippen MR) is 114 cm³/mol. The van der Waals surface area contributed by atoms with Crippen LogP contribution in [0.15, 0.2) is 12.1 Å². The lowest BCUT2D eigenvalue weighted by Crippen LogP contribution is -2.44. The molecule has 0 bridgehead atoms. The zero-order valence-corrected chi connectivity index (χ0v) is 19.1. The smallest absolute Gasteiger partial charge is 0.311 e. The van der Waals surface area contributed by atoms with Gasteiger partial charge in [0.25, 0.3) is 5.91 Å². The second-order valence-corrected chi connectivity index (χ2v) is 8.21. The quantitative estimate of drug-likeness (QED) is 0.560. The average molecular weight is 422 g/mol. The van der Waals surface area contributed by atoms with Crippen LogP contribution in [-0.2, 0) is 9.53 Å². The molecule has 1 atom stereocenters. The molecule has 0 saturated carbocycles. The molecule has 7 nitrogen and oxygen atoms in total. The first-order chi connectivity index (χ1) is 14.3. The fraction of sp³-hybridized carbons (Fsp3) is 0.652. The summed E-state index contributed by atoms with van der Waals surface area (Å²) in [6.45, 7) is 6.68. The highest BCUT2D eigenvalue weighted by Crippen LogP contribution is 2.39. The van der Waals surface area contributed by atoms with Crippen LogP contribution >= 0.6 is 0 Å². The van der Waals surface area contributed by atoms with E-state index in [9.17, 15) is 9.59 Å². The number of carbonyl (C=O) groups excluding carboxylic acids is 2. The maximum absolute atomic E-state index is 13.4. The van der Waals surface area contributed by atoms with Gasteiger partial charge in [0.2, 0.25) is 5.75 Å². The SMILES string of the molecule is CCOC(=O)C(C)(C)CCC1CCCCN1C(=O)c1cc(OC)c(OC)c(OC)c1. The summed E-state index contributed by atoms with van der Waals surface area (Å²) < 4.78 is 21.4. The van der Waals surface area contributed by atoms with Crippen LogP contribution in [0.25, 0.3) is 0 Å². The third kappa shape index (κ3) is 5.37. The summed E-state index contributed by atoms with van der Waals surface area (Å²) in [6.07, 6.45) is 4.38. The zero-order chi connectivity index (χ0) is 22.3. The third-order valence-corrected chi connectivity index (χ3v) is 5.73. The number of benzene rings is 1. The summed E-state index contributed by atoms with van der Waals surface area (Å²) in [4.78, 5) is 27.5. The Morgan fingerprint density at radius 3 is 2.23 bits per heavy atom. The molecule has 0 spiro atoms. The van der Waals surface area contributed by atoms with Crippen molar-refractivity contribution < 1.29 is 28.5 Å². The van der Waals surface area contributed by atoms with E-state index in [-0.39, 0.29) is 17.9 Å². The Morgan fingerprint density at radius 1 is 1.07 bits per heavy atom. The molecule has 1 fully saturated rings. The van der Waals surface area contributed by atoms with Crippen molar-refractivity contribution in [1.82, 2.24) is 4.90 Å². The number of ether oxygens (including phenoxy) is 4. The topological polar surface area (TPSA) is 74.3 Å². The van der Waals surface area contributed by atoms with E-state index in [0.29, 0.717) is 42.4 Å². The summed E-state index contributed by atoms with van der Waals surface area (Å²) in [6, 6.07) is 3.47. The first-order valence-corrected chi connectivity index (χ1v) is 10.6. The number of hydrogen-bond donors (Lipinski definition) is 0. The van der Waals surface area contributed by atoms with E-state index >= 15 is 0 Å². The van der Waals surface area contributed by atoms with E-state index in [1.807, 2.05) is 25.7 Å². The molecule has 0 N–H and O–H groups in total. The van der Waals surface area contributed by atoms with E-state index in [0.717, 1.165) is 25.7 Å². The Morgan fingerprint density at radius 2 is 1.70 bits per heavy atom. The van der Waals surface area contributed by atoms with Crippen LogP contribution < -0.4 is 14.2 Å². The highest BCUT2D eigenvalue weighted by atomic mass is 16.5. The Kier molecular flexibility index (Phi) is 8.38. The van der Waals surface area contributed by atoms with Crippen LogP contribution in [0.1, 0.15) is 63.2 Å². The first kappa shape index (κ1) is 23.8. The van der Waals surface area contributed by atoms with Gasteiger partial charge in [-0.3, -0.25) is 9.59 Å². The molecule has 0 aliphatic carbocycles. The van der Waals surface area contributed by atoms with Gasteiger partial charge in [0.05, 0.1) is 33.4 Å². The van der Waals surface area contributed by atoms with Gasteiger partial charge in [-0.15, -0.1) is 0 Å². The second kappa shape index (κ2) is 10.5. The minimum absolute atomic E-state index is 0.0621. The molecule has 1 aromatic carbocycles. The second-order valence-electron chi connectivity index (χ2n) is 8.21. The van der Waals surface area contributed by atoms with Crippen molar-refractivity contribution in [2.45, 2.75) is 58.9 Å². The lowest BCUT2D eigenvalue weighted by Gasteiger charge is -2.37. The van der Waals surface area contributed by atoms with Crippen LogP contribution in [0.5, 0.6) is 17.2 Å². The highest BCUT2D eigenvalue weighted by Gasteiger charge is 2.34. The van der Waals surface area contributed by atoms with Crippen molar-refractivity contribution in [2.75, 3.05) is 34.5 Å². The number of methoxy groups -OCH3 is 3. The zero-order valence-electron chi connectivity index (χ0n) is 19.1. The molecular weight excluding hydrogens is 386 g/mol. The fourth-order valence-electron chi connectivity index (χ4n) is 3.89. The van der Waals surface area contributed by atoms with Crippen LogP contribution in [-0.4, -0.2) is 57.3 Å². The van der Waals surface area contributed by atoms with E-state index in [1.165, 1.54) is 21.3 Å². The van der Waals surface area contributed by atoms with E-state index in [2.05, 4.69) is 0 Å². The summed E-state index contributed by atoms with van der Waals surface area (Å²) in [5.41, 5.74) is -0.0737. The molecule has 7 heteroatoms. The number of rotatable bonds is 9. The van der Waals surface area contributed by atoms with Gasteiger partial charge in [-0.05, 0) is 65.0 Å². The van der Waals surface area contributed by atoms with E-state index < -0.39 is 5.41 Å². The van der Waals surface area contributed by atoms with Gasteiger partial charge in [-0.2, -0.15) is 0 Å². The van der Waals surface area contributed by atoms with Crippen LogP contribution in [0, 0.1) is 5.41 Å². The summed E-state index contributed by atoms with van der Waals surface area (Å²) in [5.74, 6) is 1.12. The molecule has 0 aromatic heterocycles. The van der Waals surface area contributed by atoms with Crippen molar-refractivity contribution in [2.24, 2.45) is 5.41 Å². The van der Waals surface area contributed by atoms with E-state index in [4.69, 9.17) is 18.9 Å². The number of likely N-dealkylation sites (tertiary alicyclic amines) is 1. The third-order valence-electron chi connectivity index (χ3n) is 5.73. The normalized spacial score (nSPS) is 16.7. The molecule has 1 unspecified atom stereocenters. The number of amides is 1. The standard InChI is InChI=1S/C23H35NO6/c1-7-30-22(26)23(2,3)12-11-17-10-8-9-13-24(17)21(25)16-14-18(27-4)20(29-6)19(15-16)28-5/h14-15,17H,7-13H2,1-6H3. The number of esters is 1. The molecule has 1 aliphatic rings. The van der Waals surface area contributed by atoms with Crippen LogP contribution in [0.4, 0.5) is 0 Å². The summed E-state index contributed by atoms with van der Waals surface area (Å²) in [5, 5.41) is 0. The predicted octanol–water partition coefficient (Wildman–Crippen LogP) is 4.08. The molecule has 2 rings (SSSR count). The van der Waals surface area contributed by atoms with Crippen molar-refractivity contribution in [3.63, 3.8) is 0 Å². The number of hydrogen-bond acceptors (Lipinski definition) is 6. The Labute approximate surface area is 179 Å². The highest BCUT2D eigenvalue weighted by molar-refractivity contribution is 5.96. The lowest BCUT2D eigenvalue weighted by atomic mass is 9.84. The van der Waals surface area contributed by atoms with Gasteiger partial charge in [0.1, 0.15) is 0 Å². The molecular formula is C23H35NO6. The van der Waals surface area contributed by atoms with Crippen molar-refractivity contribution in [3.05, 3.63) is 17.7 Å². The molecule has 1 amide bonds. The Hall–Kier alpha value is -2.44. The molecule has 30 heavy (non-hydrogen) atoms. The number of piperidine rings is 1. The fourth-order valence-corrected chi connectivity index (χ4v) is 3.89. The molecule has 0 radical (unpaired) electrons. The average Bonchev–Trinajstić information content (AvgIpc) is 2.76. The van der Waals surface area contributed by atoms with Crippen molar-refractivity contribution in [1.29, 1.82) is 0 Å². The monoisotopic (exact) mass is 421 g/mol. The van der Waals surface area contributed by atoms with Crippen molar-refractivity contribution in [3.8, 4) is 17.2 Å². The molecule has 1 aromatic rings. The molecule has 1 saturated heterocycles. The maximum Gasteiger partial charge on any atom is 0.311 e. The summed E-state index contributed by atoms with van der Waals surface area (Å²) in [7, 11) is 4.60. The van der Waals surface area contributed by atoms with Gasteiger partial charge in [-0.1, -0.05) is 0 Å². The van der Waals surface area contributed by atoms with Gasteiger partial charge >= 0.3 is 5.97 Å². The minimum atomic E-state index is -0.575. The molecule has 1 heterocycles. The largest absolute Gasteiger partial charge is 0.493 e. The van der Waals surface area contributed by atoms with Crippen LogP contribution in [0.3, 0.4) is 0 Å². The van der Waals surface area contributed by atoms with Gasteiger partial charge < -0.3 is 23.8 Å². The molecule has 168 valence electrons. The van der Waals surface area contributed by atoms with Gasteiger partial charge in [0, 0.05) is 18.2 Å². The van der Waals surface area contributed by atoms with E-state index in [1.54, 1.807) is 12.1 Å². The minimum Gasteiger partial charge on any atom is -0.493 e. The maximum atomic E-state index is 13.4. The summed E-state index contributed by atoms with van der Waals surface area (Å²) >= 11 is 0. The lowest BCUT2D eigenvalue weighted by molar-refractivity contribution is -0.154. The number of nitrogens with zero attached hydrogens (tertiary/aromatic N) is 1.